The molecule has 0 aliphatic rings. The first-order valence-electron chi connectivity index (χ1n) is 9.90. The van der Waals surface area contributed by atoms with Crippen molar-refractivity contribution in [2.24, 2.45) is 0 Å². The maximum atomic E-state index is 12.4. The third kappa shape index (κ3) is 5.46. The van der Waals surface area contributed by atoms with Gasteiger partial charge < -0.3 is 4.42 Å². The second-order valence-electron chi connectivity index (χ2n) is 7.68. The van der Waals surface area contributed by atoms with Crippen LogP contribution < -0.4 is 5.32 Å². The Morgan fingerprint density at radius 2 is 1.52 bits per heavy atom. The van der Waals surface area contributed by atoms with Crippen molar-refractivity contribution in [2.45, 2.75) is 35.3 Å². The number of nitrogens with one attached hydrogen (secondary N) is 1. The molecule has 10 nitrogen and oxygen atoms in total. The summed E-state index contributed by atoms with van der Waals surface area (Å²) in [7, 11) is -4.10. The number of anilines is 1. The summed E-state index contributed by atoms with van der Waals surface area (Å²) in [6.45, 7) is 3.25. The summed E-state index contributed by atoms with van der Waals surface area (Å²) in [6, 6.07) is 11.7. The van der Waals surface area contributed by atoms with Crippen molar-refractivity contribution < 1.29 is 26.0 Å². The zero-order valence-corrected chi connectivity index (χ0v) is 20.1. The summed E-state index contributed by atoms with van der Waals surface area (Å²) in [6.07, 6.45) is 0.252. The molecule has 1 aromatic heterocycles. The minimum absolute atomic E-state index is 0.0661. The van der Waals surface area contributed by atoms with Crippen LogP contribution in [0.25, 0.3) is 0 Å². The molecule has 3 aromatic rings. The van der Waals surface area contributed by atoms with Gasteiger partial charge in [-0.2, -0.15) is 0 Å². The van der Waals surface area contributed by atoms with Gasteiger partial charge in [0.1, 0.15) is 0 Å². The molecular weight excluding hydrogens is 468 g/mol. The van der Waals surface area contributed by atoms with Gasteiger partial charge in [0.25, 0.3) is 5.91 Å². The summed E-state index contributed by atoms with van der Waals surface area (Å²) in [5.41, 5.74) is 0.978. The van der Waals surface area contributed by atoms with Crippen LogP contribution in [0.15, 0.2) is 62.7 Å². The predicted molar refractivity (Wildman–Crippen MR) is 121 cm³/mol. The Bertz CT molecular complexity index is 1340. The molecule has 0 fully saturated rings. The van der Waals surface area contributed by atoms with Gasteiger partial charge in [-0.05, 0) is 55.8 Å². The van der Waals surface area contributed by atoms with Crippen molar-refractivity contribution in [2.75, 3.05) is 19.4 Å². The summed E-state index contributed by atoms with van der Waals surface area (Å²) in [4.78, 5) is 12.7. The largest absolute Gasteiger partial charge is 0.407 e. The molecule has 0 bridgehead atoms. The summed E-state index contributed by atoms with van der Waals surface area (Å²) in [5.74, 6) is -0.306. The van der Waals surface area contributed by atoms with E-state index in [1.165, 1.54) is 50.5 Å². The van der Waals surface area contributed by atoms with Crippen molar-refractivity contribution in [3.8, 4) is 0 Å². The van der Waals surface area contributed by atoms with Crippen molar-refractivity contribution >= 4 is 31.8 Å². The Morgan fingerprint density at radius 1 is 0.939 bits per heavy atom. The molecule has 1 heterocycles. The number of carbonyl (C=O) groups is 1. The van der Waals surface area contributed by atoms with E-state index in [-0.39, 0.29) is 33.7 Å². The highest BCUT2D eigenvalue weighted by Crippen LogP contribution is 2.19. The Kier molecular flexibility index (Phi) is 7.00. The van der Waals surface area contributed by atoms with Crippen LogP contribution in [-0.2, 0) is 26.3 Å². The second kappa shape index (κ2) is 9.41. The molecule has 0 aliphatic carbocycles. The molecule has 0 spiro atoms. The molecule has 176 valence electrons. The first kappa shape index (κ1) is 24.6. The Morgan fingerprint density at radius 3 is 2.06 bits per heavy atom. The van der Waals surface area contributed by atoms with Crippen molar-refractivity contribution in [3.63, 3.8) is 0 Å². The zero-order chi connectivity index (χ0) is 24.4. The maximum Gasteiger partial charge on any atom is 0.322 e. The Hall–Kier alpha value is -3.09. The van der Waals surface area contributed by atoms with Gasteiger partial charge in [-0.15, -0.1) is 5.10 Å². The summed E-state index contributed by atoms with van der Waals surface area (Å²) >= 11 is 0. The molecule has 33 heavy (non-hydrogen) atoms. The third-order valence-electron chi connectivity index (χ3n) is 4.81. The average molecular weight is 493 g/mol. The average Bonchev–Trinajstić information content (AvgIpc) is 3.20. The lowest BCUT2D eigenvalue weighted by Crippen LogP contribution is -2.22. The molecule has 1 N–H and O–H groups in total. The SMILES string of the molecule is CC(C)S(=O)(=O)c1ccc(Cc2nnc(NC(=O)c3ccc(S(=O)(=O)N(C)C)cc3)o2)cc1. The maximum absolute atomic E-state index is 12.4. The fourth-order valence-electron chi connectivity index (χ4n) is 2.78. The standard InChI is InChI=1S/C21H24N4O6S2/c1-14(2)32(27,28)17-9-5-15(6-10-17)13-19-23-24-21(31-19)22-20(26)16-7-11-18(12-8-16)33(29,30)25(3)4/h5-12,14H,13H2,1-4H3,(H,22,24,26). The van der Waals surface area contributed by atoms with E-state index < -0.39 is 31.0 Å². The van der Waals surface area contributed by atoms with Crippen LogP contribution >= 0.6 is 0 Å². The smallest absolute Gasteiger partial charge is 0.322 e. The van der Waals surface area contributed by atoms with Crippen molar-refractivity contribution in [1.29, 1.82) is 0 Å². The first-order chi connectivity index (χ1) is 15.4. The number of carbonyl (C=O) groups excluding carboxylic acids is 1. The van der Waals surface area contributed by atoms with Gasteiger partial charge in [0, 0.05) is 19.7 Å². The van der Waals surface area contributed by atoms with Gasteiger partial charge in [-0.3, -0.25) is 10.1 Å². The van der Waals surface area contributed by atoms with Crippen LogP contribution in [0.5, 0.6) is 0 Å². The molecule has 0 radical (unpaired) electrons. The predicted octanol–water partition coefficient (Wildman–Crippen LogP) is 2.35. The highest BCUT2D eigenvalue weighted by molar-refractivity contribution is 7.92. The minimum atomic E-state index is -3.59. The third-order valence-corrected chi connectivity index (χ3v) is 8.81. The number of nitrogens with zero attached hydrogens (tertiary/aromatic N) is 3. The van der Waals surface area contributed by atoms with Crippen molar-refractivity contribution in [3.05, 3.63) is 65.5 Å². The van der Waals surface area contributed by atoms with Crippen LogP contribution in [-0.4, -0.2) is 56.6 Å². The van der Waals surface area contributed by atoms with E-state index in [1.54, 1.807) is 26.0 Å². The second-order valence-corrected chi connectivity index (χ2v) is 12.3. The molecule has 1 amide bonds. The molecular formula is C21H24N4O6S2. The van der Waals surface area contributed by atoms with E-state index in [4.69, 9.17) is 4.42 Å². The number of sulfonamides is 1. The molecule has 3 rings (SSSR count). The fourth-order valence-corrected chi connectivity index (χ4v) is 4.74. The molecule has 0 atom stereocenters. The molecule has 12 heteroatoms. The Labute approximate surface area is 192 Å². The normalized spacial score (nSPS) is 12.3. The Balaban J connectivity index is 1.66. The number of aromatic nitrogens is 2. The summed E-state index contributed by atoms with van der Waals surface area (Å²) in [5, 5.41) is 9.63. The lowest BCUT2D eigenvalue weighted by Gasteiger charge is -2.11. The monoisotopic (exact) mass is 492 g/mol. The zero-order valence-electron chi connectivity index (χ0n) is 18.5. The van der Waals surface area contributed by atoms with E-state index >= 15 is 0 Å². The number of rotatable bonds is 8. The van der Waals surface area contributed by atoms with Crippen molar-refractivity contribution in [1.82, 2.24) is 14.5 Å². The lowest BCUT2D eigenvalue weighted by atomic mass is 10.1. The quantitative estimate of drug-likeness (QED) is 0.505. The number of hydrogen-bond acceptors (Lipinski definition) is 8. The van der Waals surface area contributed by atoms with Gasteiger partial charge in [-0.1, -0.05) is 17.2 Å². The van der Waals surface area contributed by atoms with Crippen LogP contribution in [0.3, 0.4) is 0 Å². The van der Waals surface area contributed by atoms with E-state index in [1.807, 2.05) is 0 Å². The number of benzene rings is 2. The topological polar surface area (TPSA) is 140 Å². The first-order valence-corrected chi connectivity index (χ1v) is 12.9. The molecule has 0 aliphatic heterocycles. The van der Waals surface area contributed by atoms with Gasteiger partial charge in [0.2, 0.25) is 15.9 Å². The van der Waals surface area contributed by atoms with Gasteiger partial charge in [0.05, 0.1) is 21.5 Å². The lowest BCUT2D eigenvalue weighted by molar-refractivity contribution is 0.102. The number of amides is 1. The highest BCUT2D eigenvalue weighted by atomic mass is 32.2. The van der Waals surface area contributed by atoms with E-state index in [0.717, 1.165) is 9.87 Å². The van der Waals surface area contributed by atoms with Crippen LogP contribution in [0.2, 0.25) is 0 Å². The highest BCUT2D eigenvalue weighted by Gasteiger charge is 2.20. The van der Waals surface area contributed by atoms with E-state index in [2.05, 4.69) is 15.5 Å². The number of hydrogen-bond donors (Lipinski definition) is 1. The van der Waals surface area contributed by atoms with E-state index in [0.29, 0.717) is 0 Å². The van der Waals surface area contributed by atoms with Gasteiger partial charge in [0.15, 0.2) is 9.84 Å². The summed E-state index contributed by atoms with van der Waals surface area (Å²) < 4.78 is 55.2. The van der Waals surface area contributed by atoms with Crippen LogP contribution in [0, 0.1) is 0 Å². The molecule has 0 unspecified atom stereocenters. The van der Waals surface area contributed by atoms with Gasteiger partial charge in [-0.25, -0.2) is 21.1 Å². The molecule has 0 saturated heterocycles. The minimum Gasteiger partial charge on any atom is -0.407 e. The van der Waals surface area contributed by atoms with Crippen LogP contribution in [0.1, 0.15) is 35.7 Å². The molecule has 0 saturated carbocycles. The van der Waals surface area contributed by atoms with E-state index in [9.17, 15) is 21.6 Å². The molecule has 2 aromatic carbocycles. The fraction of sp³-hybridized carbons (Fsp3) is 0.286. The number of sulfone groups is 1. The van der Waals surface area contributed by atoms with Crippen LogP contribution in [0.4, 0.5) is 6.01 Å². The van der Waals surface area contributed by atoms with Gasteiger partial charge >= 0.3 is 6.01 Å².